The summed E-state index contributed by atoms with van der Waals surface area (Å²) in [5.74, 6) is 0.587. The van der Waals surface area contributed by atoms with Gasteiger partial charge in [-0.15, -0.1) is 0 Å². The van der Waals surface area contributed by atoms with Gasteiger partial charge in [0.2, 0.25) is 0 Å². The Morgan fingerprint density at radius 1 is 1.73 bits per heavy atom. The zero-order chi connectivity index (χ0) is 8.27. The zero-order valence-electron chi connectivity index (χ0n) is 6.97. The number of hydrogen-bond donors (Lipinski definition) is 1. The quantitative estimate of drug-likeness (QED) is 0.576. The SMILES string of the molecule is CC1CCC(CN)=CCC1=O. The Morgan fingerprint density at radius 2 is 2.45 bits per heavy atom. The molecule has 0 heterocycles. The number of hydrogen-bond acceptors (Lipinski definition) is 2. The van der Waals surface area contributed by atoms with Gasteiger partial charge >= 0.3 is 0 Å². The molecule has 2 N–H and O–H groups in total. The fourth-order valence-electron chi connectivity index (χ4n) is 1.30. The molecule has 0 aromatic rings. The summed E-state index contributed by atoms with van der Waals surface area (Å²) in [6.45, 7) is 2.61. The molecule has 0 saturated carbocycles. The molecule has 0 aliphatic heterocycles. The van der Waals surface area contributed by atoms with E-state index in [0.29, 0.717) is 18.7 Å². The summed E-state index contributed by atoms with van der Waals surface area (Å²) in [7, 11) is 0. The van der Waals surface area contributed by atoms with Crippen LogP contribution in [-0.4, -0.2) is 12.3 Å². The van der Waals surface area contributed by atoms with Gasteiger partial charge in [-0.2, -0.15) is 0 Å². The van der Waals surface area contributed by atoms with Crippen molar-refractivity contribution in [3.63, 3.8) is 0 Å². The van der Waals surface area contributed by atoms with Crippen molar-refractivity contribution in [3.05, 3.63) is 11.6 Å². The van der Waals surface area contributed by atoms with Crippen molar-refractivity contribution in [2.75, 3.05) is 6.54 Å². The van der Waals surface area contributed by atoms with Crippen LogP contribution in [0.3, 0.4) is 0 Å². The summed E-state index contributed by atoms with van der Waals surface area (Å²) in [4.78, 5) is 11.2. The van der Waals surface area contributed by atoms with Gasteiger partial charge in [-0.25, -0.2) is 0 Å². The van der Waals surface area contributed by atoms with Crippen LogP contribution in [0.15, 0.2) is 11.6 Å². The van der Waals surface area contributed by atoms with Crippen LogP contribution in [0, 0.1) is 5.92 Å². The van der Waals surface area contributed by atoms with E-state index in [2.05, 4.69) is 0 Å². The number of rotatable bonds is 1. The van der Waals surface area contributed by atoms with Crippen LogP contribution >= 0.6 is 0 Å². The molecule has 0 saturated heterocycles. The number of Topliss-reactive ketones (excluding diaryl/α,β-unsaturated/α-hetero) is 1. The van der Waals surface area contributed by atoms with Gasteiger partial charge in [-0.1, -0.05) is 18.6 Å². The third-order valence-electron chi connectivity index (χ3n) is 2.30. The fraction of sp³-hybridized carbons (Fsp3) is 0.667. The van der Waals surface area contributed by atoms with Gasteiger partial charge < -0.3 is 5.73 Å². The molecule has 1 aliphatic rings. The molecule has 1 aliphatic carbocycles. The van der Waals surface area contributed by atoms with Gasteiger partial charge in [0.05, 0.1) is 0 Å². The highest BCUT2D eigenvalue weighted by atomic mass is 16.1. The molecule has 2 nitrogen and oxygen atoms in total. The van der Waals surface area contributed by atoms with Crippen molar-refractivity contribution in [1.82, 2.24) is 0 Å². The average Bonchev–Trinajstić information content (AvgIpc) is 2.16. The predicted octanol–water partition coefficient (Wildman–Crippen LogP) is 1.26. The van der Waals surface area contributed by atoms with Gasteiger partial charge in [-0.3, -0.25) is 4.79 Å². The number of ketones is 1. The van der Waals surface area contributed by atoms with Crippen LogP contribution < -0.4 is 5.73 Å². The predicted molar refractivity (Wildman–Crippen MR) is 45.2 cm³/mol. The minimum Gasteiger partial charge on any atom is -0.327 e. The van der Waals surface area contributed by atoms with E-state index in [-0.39, 0.29) is 5.92 Å². The Kier molecular flexibility index (Phi) is 2.83. The normalized spacial score (nSPS) is 26.2. The van der Waals surface area contributed by atoms with E-state index in [9.17, 15) is 4.79 Å². The molecule has 0 amide bonds. The summed E-state index contributed by atoms with van der Waals surface area (Å²) in [6, 6.07) is 0. The second-order valence-corrected chi connectivity index (χ2v) is 3.18. The first-order valence-corrected chi connectivity index (χ1v) is 4.14. The van der Waals surface area contributed by atoms with E-state index in [0.717, 1.165) is 12.8 Å². The number of allylic oxidation sites excluding steroid dienone is 1. The first-order chi connectivity index (χ1) is 5.24. The monoisotopic (exact) mass is 153 g/mol. The van der Waals surface area contributed by atoms with Crippen molar-refractivity contribution < 1.29 is 4.79 Å². The van der Waals surface area contributed by atoms with Gasteiger partial charge in [0, 0.05) is 18.9 Å². The van der Waals surface area contributed by atoms with E-state index >= 15 is 0 Å². The maximum atomic E-state index is 11.2. The molecule has 11 heavy (non-hydrogen) atoms. The summed E-state index contributed by atoms with van der Waals surface area (Å²) >= 11 is 0. The highest BCUT2D eigenvalue weighted by molar-refractivity contribution is 5.82. The third kappa shape index (κ3) is 2.15. The summed E-state index contributed by atoms with van der Waals surface area (Å²) in [5.41, 5.74) is 6.72. The lowest BCUT2D eigenvalue weighted by molar-refractivity contribution is -0.121. The highest BCUT2D eigenvalue weighted by Crippen LogP contribution is 2.18. The molecular formula is C9H15NO. The minimum absolute atomic E-state index is 0.232. The second kappa shape index (κ2) is 3.67. The van der Waals surface area contributed by atoms with Crippen molar-refractivity contribution in [1.29, 1.82) is 0 Å². The Balaban J connectivity index is 2.59. The topological polar surface area (TPSA) is 43.1 Å². The lowest BCUT2D eigenvalue weighted by atomic mass is 10.0. The van der Waals surface area contributed by atoms with Crippen LogP contribution in [-0.2, 0) is 4.79 Å². The van der Waals surface area contributed by atoms with Crippen molar-refractivity contribution in [2.45, 2.75) is 26.2 Å². The molecule has 1 atom stereocenters. The maximum absolute atomic E-state index is 11.2. The van der Waals surface area contributed by atoms with E-state index < -0.39 is 0 Å². The first kappa shape index (κ1) is 8.47. The van der Waals surface area contributed by atoms with Crippen LogP contribution in [0.25, 0.3) is 0 Å². The first-order valence-electron chi connectivity index (χ1n) is 4.14. The Labute approximate surface area is 67.5 Å². The van der Waals surface area contributed by atoms with Crippen molar-refractivity contribution >= 4 is 5.78 Å². The van der Waals surface area contributed by atoms with Gasteiger partial charge in [-0.05, 0) is 12.8 Å². The molecule has 0 spiro atoms. The van der Waals surface area contributed by atoms with Gasteiger partial charge in [0.1, 0.15) is 5.78 Å². The van der Waals surface area contributed by atoms with E-state index in [1.54, 1.807) is 0 Å². The number of carbonyl (C=O) groups excluding carboxylic acids is 1. The lowest BCUT2D eigenvalue weighted by Crippen LogP contribution is -2.07. The molecular weight excluding hydrogens is 138 g/mol. The van der Waals surface area contributed by atoms with Gasteiger partial charge in [0.25, 0.3) is 0 Å². The average molecular weight is 153 g/mol. The van der Waals surface area contributed by atoms with Crippen molar-refractivity contribution in [3.8, 4) is 0 Å². The molecule has 0 fully saturated rings. The maximum Gasteiger partial charge on any atom is 0.139 e. The summed E-state index contributed by atoms with van der Waals surface area (Å²) < 4.78 is 0. The summed E-state index contributed by atoms with van der Waals surface area (Å²) in [6.07, 6.45) is 4.56. The van der Waals surface area contributed by atoms with Crippen LogP contribution in [0.2, 0.25) is 0 Å². The molecule has 62 valence electrons. The highest BCUT2D eigenvalue weighted by Gasteiger charge is 2.15. The molecule has 0 aromatic heterocycles. The minimum atomic E-state index is 0.232. The second-order valence-electron chi connectivity index (χ2n) is 3.18. The van der Waals surface area contributed by atoms with E-state index in [1.807, 2.05) is 13.0 Å². The Bertz CT molecular complexity index is 184. The molecule has 0 aromatic carbocycles. The van der Waals surface area contributed by atoms with Crippen LogP contribution in [0.5, 0.6) is 0 Å². The summed E-state index contributed by atoms with van der Waals surface area (Å²) in [5, 5.41) is 0. The number of nitrogens with two attached hydrogens (primary N) is 1. The van der Waals surface area contributed by atoms with Crippen molar-refractivity contribution in [2.24, 2.45) is 11.7 Å². The molecule has 0 bridgehead atoms. The van der Waals surface area contributed by atoms with Crippen LogP contribution in [0.1, 0.15) is 26.2 Å². The van der Waals surface area contributed by atoms with Gasteiger partial charge in [0.15, 0.2) is 0 Å². The van der Waals surface area contributed by atoms with E-state index in [4.69, 9.17) is 5.73 Å². The smallest absolute Gasteiger partial charge is 0.139 e. The lowest BCUT2D eigenvalue weighted by Gasteiger charge is -2.04. The standard InChI is InChI=1S/C9H15NO/c1-7-2-3-8(6-10)4-5-9(7)11/h4,7H,2-3,5-6,10H2,1H3. The molecule has 1 rings (SSSR count). The third-order valence-corrected chi connectivity index (χ3v) is 2.30. The molecule has 0 radical (unpaired) electrons. The van der Waals surface area contributed by atoms with Crippen LogP contribution in [0.4, 0.5) is 0 Å². The Hall–Kier alpha value is -0.630. The fourth-order valence-corrected chi connectivity index (χ4v) is 1.30. The number of carbonyl (C=O) groups is 1. The molecule has 2 heteroatoms. The zero-order valence-corrected chi connectivity index (χ0v) is 6.97. The Morgan fingerprint density at radius 3 is 3.09 bits per heavy atom. The largest absolute Gasteiger partial charge is 0.327 e. The van der Waals surface area contributed by atoms with E-state index in [1.165, 1.54) is 5.57 Å². The molecule has 1 unspecified atom stereocenters.